The first-order valence-corrected chi connectivity index (χ1v) is 7.90. The molecule has 1 aliphatic heterocycles. The first-order valence-electron chi connectivity index (χ1n) is 7.90. The summed E-state index contributed by atoms with van der Waals surface area (Å²) >= 11 is 0. The maximum atomic E-state index is 6.04. The Balaban J connectivity index is 1.78. The highest BCUT2D eigenvalue weighted by Gasteiger charge is 2.52. The molecule has 0 atom stereocenters. The molecule has 1 saturated heterocycles. The van der Waals surface area contributed by atoms with Crippen molar-refractivity contribution in [2.24, 2.45) is 0 Å². The summed E-state index contributed by atoms with van der Waals surface area (Å²) in [4.78, 5) is 6.64. The Labute approximate surface area is 138 Å². The summed E-state index contributed by atoms with van der Waals surface area (Å²) in [5, 5.41) is 0. The summed E-state index contributed by atoms with van der Waals surface area (Å²) < 4.78 is 12.1. The number of pyridine rings is 1. The molecule has 1 aromatic carbocycles. The molecule has 23 heavy (non-hydrogen) atoms. The monoisotopic (exact) mass is 310 g/mol. The van der Waals surface area contributed by atoms with Gasteiger partial charge in [-0.05, 0) is 52.0 Å². The molecule has 1 aromatic heterocycles. The molecule has 0 unspecified atom stereocenters. The Morgan fingerprint density at radius 2 is 1.48 bits per heavy atom. The van der Waals surface area contributed by atoms with Gasteiger partial charge in [-0.3, -0.25) is 4.98 Å². The van der Waals surface area contributed by atoms with E-state index in [0.29, 0.717) is 0 Å². The van der Waals surface area contributed by atoms with E-state index < -0.39 is 7.12 Å². The van der Waals surface area contributed by atoms with Crippen LogP contribution in [0.2, 0.25) is 0 Å². The summed E-state index contributed by atoms with van der Waals surface area (Å²) in [6.45, 7) is 8.18. The van der Waals surface area contributed by atoms with E-state index >= 15 is 0 Å². The Bertz CT molecular complexity index is 655. The Morgan fingerprint density at radius 3 is 2.00 bits per heavy atom. The highest BCUT2D eigenvalue weighted by Crippen LogP contribution is 2.36. The Hall–Kier alpha value is -1.85. The highest BCUT2D eigenvalue weighted by molar-refractivity contribution is 6.61. The fraction of sp³-hybridized carbons (Fsp3) is 0.389. The number of benzene rings is 1. The highest BCUT2D eigenvalue weighted by atomic mass is 16.7. The number of rotatable bonds is 3. The lowest BCUT2D eigenvalue weighted by molar-refractivity contribution is 0.00578. The summed E-state index contributed by atoms with van der Waals surface area (Å²) in [5.41, 5.74) is 2.25. The number of aromatic nitrogens is 1. The van der Waals surface area contributed by atoms with E-state index in [0.717, 1.165) is 17.0 Å². The molecule has 1 aliphatic rings. The van der Waals surface area contributed by atoms with Crippen LogP contribution in [0.15, 0.2) is 48.7 Å². The van der Waals surface area contributed by atoms with Crippen molar-refractivity contribution >= 4 is 24.1 Å². The maximum Gasteiger partial charge on any atom is 0.514 e. The Kier molecular flexibility index (Phi) is 3.94. The first kappa shape index (κ1) is 16.0. The van der Waals surface area contributed by atoms with Crippen molar-refractivity contribution in [1.29, 1.82) is 0 Å². The number of hydrogen-bond donors (Lipinski definition) is 0. The average Bonchev–Trinajstić information content (AvgIpc) is 2.76. The molecule has 120 valence electrons. The van der Waals surface area contributed by atoms with Crippen molar-refractivity contribution in [1.82, 2.24) is 4.98 Å². The largest absolute Gasteiger partial charge is 0.514 e. The van der Waals surface area contributed by atoms with Gasteiger partial charge in [0.05, 0.1) is 28.7 Å². The van der Waals surface area contributed by atoms with Crippen LogP contribution in [-0.2, 0) is 9.31 Å². The van der Waals surface area contributed by atoms with Gasteiger partial charge in [0.1, 0.15) is 0 Å². The van der Waals surface area contributed by atoms with Crippen LogP contribution in [0.4, 0.5) is 11.4 Å². The first-order chi connectivity index (χ1) is 10.8. The van der Waals surface area contributed by atoms with Crippen LogP contribution in [0.1, 0.15) is 27.7 Å². The molecular weight excluding hydrogens is 287 g/mol. The number of para-hydroxylation sites is 1. The minimum Gasteiger partial charge on any atom is -0.398 e. The number of anilines is 2. The van der Waals surface area contributed by atoms with Crippen molar-refractivity contribution in [2.45, 2.75) is 38.9 Å². The van der Waals surface area contributed by atoms with Crippen molar-refractivity contribution < 1.29 is 9.31 Å². The van der Waals surface area contributed by atoms with Crippen LogP contribution in [0.25, 0.3) is 0 Å². The molecule has 0 bridgehead atoms. The lowest BCUT2D eigenvalue weighted by atomic mass is 9.84. The topological polar surface area (TPSA) is 34.6 Å². The van der Waals surface area contributed by atoms with E-state index in [-0.39, 0.29) is 11.2 Å². The van der Waals surface area contributed by atoms with E-state index in [1.54, 1.807) is 0 Å². The molecule has 0 aliphatic carbocycles. The third kappa shape index (κ3) is 2.99. The van der Waals surface area contributed by atoms with E-state index in [9.17, 15) is 0 Å². The normalized spacial score (nSPS) is 18.9. The van der Waals surface area contributed by atoms with Crippen LogP contribution in [0.5, 0.6) is 0 Å². The molecule has 4 nitrogen and oxygen atoms in total. The van der Waals surface area contributed by atoms with Crippen LogP contribution < -0.4 is 10.5 Å². The van der Waals surface area contributed by atoms with Crippen molar-refractivity contribution in [3.63, 3.8) is 0 Å². The smallest absolute Gasteiger partial charge is 0.398 e. The quantitative estimate of drug-likeness (QED) is 0.816. The van der Waals surface area contributed by atoms with E-state index in [1.165, 1.54) is 0 Å². The molecule has 2 aromatic rings. The van der Waals surface area contributed by atoms with Crippen LogP contribution in [0.3, 0.4) is 0 Å². The van der Waals surface area contributed by atoms with E-state index in [2.05, 4.69) is 22.0 Å². The fourth-order valence-electron chi connectivity index (χ4n) is 2.50. The summed E-state index contributed by atoms with van der Waals surface area (Å²) in [7, 11) is 1.61. The van der Waals surface area contributed by atoms with Crippen molar-refractivity contribution in [3.8, 4) is 0 Å². The average molecular weight is 310 g/mol. The van der Waals surface area contributed by atoms with Gasteiger partial charge in [0, 0.05) is 12.7 Å². The van der Waals surface area contributed by atoms with Crippen molar-refractivity contribution in [2.75, 3.05) is 11.9 Å². The minimum atomic E-state index is -0.420. The predicted molar refractivity (Wildman–Crippen MR) is 94.5 cm³/mol. The molecule has 3 rings (SSSR count). The van der Waals surface area contributed by atoms with Crippen LogP contribution in [-0.4, -0.2) is 30.4 Å². The lowest BCUT2D eigenvalue weighted by Crippen LogP contribution is -2.41. The molecule has 2 heterocycles. The molecule has 0 radical (unpaired) electrons. The van der Waals surface area contributed by atoms with E-state index in [1.807, 2.05) is 71.3 Å². The minimum absolute atomic E-state index is 0.348. The summed E-state index contributed by atoms with van der Waals surface area (Å²) in [6, 6.07) is 14.2. The number of hydrogen-bond acceptors (Lipinski definition) is 4. The fourth-order valence-corrected chi connectivity index (χ4v) is 2.50. The van der Waals surface area contributed by atoms with Gasteiger partial charge in [-0.1, -0.05) is 18.2 Å². The van der Waals surface area contributed by atoms with Gasteiger partial charge in [-0.15, -0.1) is 0 Å². The third-order valence-electron chi connectivity index (χ3n) is 4.80. The molecular formula is C18H23BN2O2. The zero-order chi connectivity index (χ0) is 16.7. The Morgan fingerprint density at radius 1 is 0.870 bits per heavy atom. The van der Waals surface area contributed by atoms with Gasteiger partial charge < -0.3 is 14.2 Å². The third-order valence-corrected chi connectivity index (χ3v) is 4.80. The zero-order valence-electron chi connectivity index (χ0n) is 14.4. The molecule has 0 N–H and O–H groups in total. The SMILES string of the molecule is CN(c1ccccc1)c1ccc(B2OC(C)(C)C(C)(C)O2)nc1. The van der Waals surface area contributed by atoms with Gasteiger partial charge in [0.15, 0.2) is 0 Å². The molecule has 1 fully saturated rings. The van der Waals surface area contributed by atoms with Crippen molar-refractivity contribution in [3.05, 3.63) is 48.7 Å². The second kappa shape index (κ2) is 5.66. The zero-order valence-corrected chi connectivity index (χ0v) is 14.4. The summed E-state index contributed by atoms with van der Waals surface area (Å²) in [5.74, 6) is 0. The van der Waals surface area contributed by atoms with Gasteiger partial charge in [-0.2, -0.15) is 0 Å². The lowest BCUT2D eigenvalue weighted by Gasteiger charge is -2.32. The number of nitrogens with zero attached hydrogens (tertiary/aromatic N) is 2. The molecule has 5 heteroatoms. The molecule has 0 spiro atoms. The van der Waals surface area contributed by atoms with Gasteiger partial charge in [0.2, 0.25) is 0 Å². The van der Waals surface area contributed by atoms with Crippen LogP contribution >= 0.6 is 0 Å². The molecule has 0 saturated carbocycles. The predicted octanol–water partition coefficient (Wildman–Crippen LogP) is 3.15. The van der Waals surface area contributed by atoms with Gasteiger partial charge in [0.25, 0.3) is 0 Å². The standard InChI is InChI=1S/C18H23BN2O2/c1-17(2)18(3,4)23-19(22-17)16-12-11-15(13-20-16)21(5)14-9-7-6-8-10-14/h6-13H,1-5H3. The van der Waals surface area contributed by atoms with Gasteiger partial charge >= 0.3 is 7.12 Å². The van der Waals surface area contributed by atoms with E-state index in [4.69, 9.17) is 9.31 Å². The second-order valence-electron chi connectivity index (χ2n) is 6.92. The van der Waals surface area contributed by atoms with Gasteiger partial charge in [-0.25, -0.2) is 0 Å². The second-order valence-corrected chi connectivity index (χ2v) is 6.92. The maximum absolute atomic E-state index is 6.04. The summed E-state index contributed by atoms with van der Waals surface area (Å²) in [6.07, 6.45) is 1.85. The molecule has 0 amide bonds. The van der Waals surface area contributed by atoms with Crippen LogP contribution in [0, 0.1) is 0 Å².